The molecule has 8 heteroatoms. The molecule has 1 unspecified atom stereocenters. The molecule has 1 aromatic rings. The number of amides is 1. The molecule has 1 fully saturated rings. The van der Waals surface area contributed by atoms with Crippen LogP contribution in [0.1, 0.15) is 40.7 Å². The quantitative estimate of drug-likeness (QED) is 0.258. The fourth-order valence-corrected chi connectivity index (χ4v) is 3.67. The van der Waals surface area contributed by atoms with Crippen molar-refractivity contribution in [2.75, 3.05) is 53.4 Å². The second-order valence-corrected chi connectivity index (χ2v) is 8.15. The molecule has 0 radical (unpaired) electrons. The number of carbonyl (C=O) groups excluding carboxylic acids is 2. The summed E-state index contributed by atoms with van der Waals surface area (Å²) in [5.74, 6) is 0.262. The van der Waals surface area contributed by atoms with E-state index < -0.39 is 0 Å². The van der Waals surface area contributed by atoms with Gasteiger partial charge in [-0.15, -0.1) is 6.58 Å². The number of benzene rings is 1. The van der Waals surface area contributed by atoms with Crippen molar-refractivity contribution in [2.45, 2.75) is 39.2 Å². The predicted molar refractivity (Wildman–Crippen MR) is 125 cm³/mol. The molecule has 0 spiro atoms. The monoisotopic (exact) mass is 463 g/mol. The smallest absolute Gasteiger partial charge is 0.337 e. The first-order valence-electron chi connectivity index (χ1n) is 11.4. The summed E-state index contributed by atoms with van der Waals surface area (Å²) in [6.07, 6.45) is 4.09. The molecule has 2 atom stereocenters. The normalized spacial score (nSPS) is 16.6. The molecule has 8 nitrogen and oxygen atoms in total. The zero-order valence-electron chi connectivity index (χ0n) is 20.0. The van der Waals surface area contributed by atoms with Crippen LogP contribution in [0.4, 0.5) is 0 Å². The molecule has 1 N–H and O–H groups in total. The van der Waals surface area contributed by atoms with Crippen molar-refractivity contribution in [1.29, 1.82) is 0 Å². The highest BCUT2D eigenvalue weighted by Crippen LogP contribution is 2.25. The number of methoxy groups -OCH3 is 1. The molecule has 0 aromatic heterocycles. The summed E-state index contributed by atoms with van der Waals surface area (Å²) in [6, 6.07) is 3.28. The minimum absolute atomic E-state index is 0.0183. The first-order valence-corrected chi connectivity index (χ1v) is 11.4. The van der Waals surface area contributed by atoms with Crippen molar-refractivity contribution >= 4 is 11.9 Å². The average Bonchev–Trinajstić information content (AvgIpc) is 2.82. The van der Waals surface area contributed by atoms with Gasteiger partial charge in [0.15, 0.2) is 0 Å². The molecule has 0 bridgehead atoms. The lowest BCUT2D eigenvalue weighted by atomic mass is 10.0. The van der Waals surface area contributed by atoms with Gasteiger partial charge in [0.05, 0.1) is 57.7 Å². The molecule has 0 saturated carbocycles. The first-order chi connectivity index (χ1) is 16.0. The molecular weight excluding hydrogens is 426 g/mol. The van der Waals surface area contributed by atoms with Crippen molar-refractivity contribution < 1.29 is 33.3 Å². The Labute approximate surface area is 196 Å². The third-order valence-corrected chi connectivity index (χ3v) is 5.31. The predicted octanol–water partition coefficient (Wildman–Crippen LogP) is 2.99. The second kappa shape index (κ2) is 14.7. The Bertz CT molecular complexity index is 751. The van der Waals surface area contributed by atoms with Gasteiger partial charge in [-0.25, -0.2) is 4.79 Å². The van der Waals surface area contributed by atoms with E-state index in [1.807, 2.05) is 13.8 Å². The van der Waals surface area contributed by atoms with E-state index >= 15 is 0 Å². The Morgan fingerprint density at radius 1 is 1.21 bits per heavy atom. The summed E-state index contributed by atoms with van der Waals surface area (Å²) in [5.41, 5.74) is 2.27. The van der Waals surface area contributed by atoms with Crippen molar-refractivity contribution in [3.05, 3.63) is 41.5 Å². The van der Waals surface area contributed by atoms with Gasteiger partial charge in [-0.1, -0.05) is 6.08 Å². The van der Waals surface area contributed by atoms with E-state index in [1.165, 1.54) is 7.11 Å². The van der Waals surface area contributed by atoms with E-state index in [9.17, 15) is 9.59 Å². The molecule has 33 heavy (non-hydrogen) atoms. The van der Waals surface area contributed by atoms with Crippen LogP contribution >= 0.6 is 0 Å². The molecule has 1 aromatic carbocycles. The number of hydrogen-bond donors (Lipinski definition) is 1. The fraction of sp³-hybridized carbons (Fsp3) is 0.600. The van der Waals surface area contributed by atoms with Crippen LogP contribution in [0.2, 0.25) is 0 Å². The van der Waals surface area contributed by atoms with Gasteiger partial charge in [-0.2, -0.15) is 0 Å². The van der Waals surface area contributed by atoms with Crippen LogP contribution in [0.25, 0.3) is 0 Å². The van der Waals surface area contributed by atoms with Gasteiger partial charge in [0, 0.05) is 19.6 Å². The Hall–Kier alpha value is -2.42. The van der Waals surface area contributed by atoms with E-state index in [4.69, 9.17) is 23.7 Å². The number of nitrogens with one attached hydrogen (secondary N) is 1. The number of hydrogen-bond acceptors (Lipinski definition) is 7. The zero-order valence-corrected chi connectivity index (χ0v) is 20.0. The number of aryl methyl sites for hydroxylation is 2. The first kappa shape index (κ1) is 26.8. The summed E-state index contributed by atoms with van der Waals surface area (Å²) in [7, 11) is 1.36. The van der Waals surface area contributed by atoms with Crippen molar-refractivity contribution in [3.63, 3.8) is 0 Å². The maximum Gasteiger partial charge on any atom is 0.337 e. The van der Waals surface area contributed by atoms with Crippen LogP contribution in [0.15, 0.2) is 24.8 Å². The third kappa shape index (κ3) is 9.15. The molecule has 2 rings (SSSR count). The minimum Gasteiger partial charge on any atom is -0.493 e. The highest BCUT2D eigenvalue weighted by Gasteiger charge is 2.24. The van der Waals surface area contributed by atoms with E-state index in [1.54, 1.807) is 18.2 Å². The number of rotatable bonds is 14. The molecule has 1 heterocycles. The third-order valence-electron chi connectivity index (χ3n) is 5.31. The van der Waals surface area contributed by atoms with Gasteiger partial charge in [-0.3, -0.25) is 4.79 Å². The molecule has 184 valence electrons. The van der Waals surface area contributed by atoms with Crippen LogP contribution in [0.3, 0.4) is 0 Å². The largest absolute Gasteiger partial charge is 0.493 e. The summed E-state index contributed by atoms with van der Waals surface area (Å²) < 4.78 is 27.4. The van der Waals surface area contributed by atoms with Crippen LogP contribution < -0.4 is 10.1 Å². The van der Waals surface area contributed by atoms with Gasteiger partial charge in [0.2, 0.25) is 5.91 Å². The van der Waals surface area contributed by atoms with E-state index in [0.717, 1.165) is 36.3 Å². The van der Waals surface area contributed by atoms with Crippen molar-refractivity contribution in [2.24, 2.45) is 5.92 Å². The van der Waals surface area contributed by atoms with Gasteiger partial charge >= 0.3 is 5.97 Å². The van der Waals surface area contributed by atoms with Gasteiger partial charge in [-0.05, 0) is 49.9 Å². The highest BCUT2D eigenvalue weighted by molar-refractivity contribution is 5.90. The molecular formula is C25H37NO7. The maximum absolute atomic E-state index is 12.5. The SMILES string of the molecule is C=CCOC[C@H](COCCCOc1c(C)cc(C(=O)OC)cc1C)NC(=O)C1CCCOC1. The summed E-state index contributed by atoms with van der Waals surface area (Å²) in [4.78, 5) is 24.2. The second-order valence-electron chi connectivity index (χ2n) is 8.15. The molecule has 0 aliphatic carbocycles. The van der Waals surface area contributed by atoms with Gasteiger partial charge in [0.1, 0.15) is 5.75 Å². The van der Waals surface area contributed by atoms with Crippen LogP contribution in [0.5, 0.6) is 5.75 Å². The molecule has 1 amide bonds. The van der Waals surface area contributed by atoms with E-state index in [-0.39, 0.29) is 23.8 Å². The lowest BCUT2D eigenvalue weighted by molar-refractivity contribution is -0.130. The molecule has 1 saturated heterocycles. The van der Waals surface area contributed by atoms with Crippen molar-refractivity contribution in [3.8, 4) is 5.75 Å². The highest BCUT2D eigenvalue weighted by atomic mass is 16.5. The zero-order chi connectivity index (χ0) is 24.1. The summed E-state index contributed by atoms with van der Waals surface area (Å²) in [5, 5.41) is 3.02. The average molecular weight is 464 g/mol. The Morgan fingerprint density at radius 2 is 1.94 bits per heavy atom. The van der Waals surface area contributed by atoms with Crippen LogP contribution in [-0.4, -0.2) is 71.3 Å². The minimum atomic E-state index is -0.365. The Kier molecular flexibility index (Phi) is 11.9. The Balaban J connectivity index is 1.75. The Morgan fingerprint density at radius 3 is 2.58 bits per heavy atom. The van der Waals surface area contributed by atoms with E-state index in [2.05, 4.69) is 11.9 Å². The number of esters is 1. The van der Waals surface area contributed by atoms with Crippen LogP contribution in [-0.2, 0) is 23.7 Å². The lowest BCUT2D eigenvalue weighted by Crippen LogP contribution is -2.46. The van der Waals surface area contributed by atoms with Crippen molar-refractivity contribution in [1.82, 2.24) is 5.32 Å². The van der Waals surface area contributed by atoms with Crippen LogP contribution in [0, 0.1) is 19.8 Å². The molecule has 1 aliphatic rings. The summed E-state index contributed by atoms with van der Waals surface area (Å²) >= 11 is 0. The van der Waals surface area contributed by atoms with Gasteiger partial charge in [0.25, 0.3) is 0 Å². The van der Waals surface area contributed by atoms with Gasteiger partial charge < -0.3 is 29.0 Å². The molecule has 1 aliphatic heterocycles. The maximum atomic E-state index is 12.5. The number of carbonyl (C=O) groups is 2. The standard InChI is InChI=1S/C25H37NO7/c1-5-9-30-16-22(26-24(27)20-8-6-10-31-15-20)17-32-11-7-12-33-23-18(2)13-21(14-19(23)3)25(28)29-4/h5,13-14,20,22H,1,6-12,15-17H2,2-4H3,(H,26,27)/t20?,22-/m1/s1. The topological polar surface area (TPSA) is 92.3 Å². The summed E-state index contributed by atoms with van der Waals surface area (Å²) in [6.45, 7) is 10.7. The fourth-order valence-electron chi connectivity index (χ4n) is 3.67. The number of ether oxygens (including phenoxy) is 5. The van der Waals surface area contributed by atoms with E-state index in [0.29, 0.717) is 51.6 Å². The lowest BCUT2D eigenvalue weighted by Gasteiger charge is -2.25.